The molecule has 0 spiro atoms. The zero-order valence-electron chi connectivity index (χ0n) is 15.3. The van der Waals surface area contributed by atoms with Crippen molar-refractivity contribution in [2.45, 2.75) is 38.8 Å². The molecule has 0 aromatic heterocycles. The van der Waals surface area contributed by atoms with E-state index in [2.05, 4.69) is 9.50 Å². The van der Waals surface area contributed by atoms with E-state index >= 15 is 0 Å². The number of hydrazine groups is 1. The Hall–Kier alpha value is -2.28. The van der Waals surface area contributed by atoms with Crippen molar-refractivity contribution in [3.05, 3.63) is 0 Å². The number of amides is 3. The summed E-state index contributed by atoms with van der Waals surface area (Å²) in [6.45, 7) is 4.05. The highest BCUT2D eigenvalue weighted by Crippen LogP contribution is 2.09. The first-order chi connectivity index (χ1) is 11.6. The van der Waals surface area contributed by atoms with Gasteiger partial charge in [0.2, 0.25) is 0 Å². The third-order valence-electron chi connectivity index (χ3n) is 2.74. The van der Waals surface area contributed by atoms with Gasteiger partial charge in [0, 0.05) is 7.05 Å². The molecule has 0 aliphatic rings. The van der Waals surface area contributed by atoms with Gasteiger partial charge in [0.1, 0.15) is 5.60 Å². The first kappa shape index (κ1) is 23.7. The molecule has 26 heavy (non-hydrogen) atoms. The van der Waals surface area contributed by atoms with Crippen molar-refractivity contribution in [3.8, 4) is 0 Å². The molecule has 0 rings (SSSR count). The number of carbonyl (C=O) groups excluding carboxylic acids is 1. The molecule has 0 aromatic carbocycles. The maximum absolute atomic E-state index is 11.9. The molecule has 0 aliphatic heterocycles. The van der Waals surface area contributed by atoms with Crippen LogP contribution in [-0.2, 0) is 19.0 Å². The molecule has 3 N–H and O–H groups in total. The summed E-state index contributed by atoms with van der Waals surface area (Å²) in [5, 5.41) is 21.4. The Balaban J connectivity index is 5.18. The van der Waals surface area contributed by atoms with E-state index in [-0.39, 0.29) is 13.0 Å². The lowest BCUT2D eigenvalue weighted by atomic mass is 10.2. The lowest BCUT2D eigenvalue weighted by molar-refractivity contribution is 0.00845. The SMILES string of the molecule is CN(C(=O)O)N(C[C@@H](CCOS(C)(=O)=O)NC(=O)OC(C)(C)C)C(=O)O. The van der Waals surface area contributed by atoms with Gasteiger partial charge in [-0.2, -0.15) is 8.42 Å². The van der Waals surface area contributed by atoms with Crippen molar-refractivity contribution in [1.82, 2.24) is 15.3 Å². The predicted octanol–water partition coefficient (Wildman–Crippen LogP) is 0.751. The lowest BCUT2D eigenvalue weighted by Crippen LogP contribution is -2.53. The van der Waals surface area contributed by atoms with Crippen LogP contribution < -0.4 is 5.32 Å². The van der Waals surface area contributed by atoms with Crippen LogP contribution in [0.2, 0.25) is 0 Å². The van der Waals surface area contributed by atoms with Crippen LogP contribution in [0, 0.1) is 0 Å². The van der Waals surface area contributed by atoms with Gasteiger partial charge < -0.3 is 20.3 Å². The van der Waals surface area contributed by atoms with Crippen LogP contribution in [0.15, 0.2) is 0 Å². The highest BCUT2D eigenvalue weighted by atomic mass is 32.2. The van der Waals surface area contributed by atoms with Gasteiger partial charge in [0.25, 0.3) is 10.1 Å². The molecule has 0 saturated carbocycles. The first-order valence-corrected chi connectivity index (χ1v) is 9.25. The predicted molar refractivity (Wildman–Crippen MR) is 89.1 cm³/mol. The third kappa shape index (κ3) is 10.6. The molecule has 0 radical (unpaired) electrons. The highest BCUT2D eigenvalue weighted by molar-refractivity contribution is 7.85. The Bertz CT molecular complexity index is 615. The molecule has 12 nitrogen and oxygen atoms in total. The number of hydrogen-bond acceptors (Lipinski definition) is 7. The molecular formula is C13H25N3O9S. The van der Waals surface area contributed by atoms with Crippen molar-refractivity contribution in [2.75, 3.05) is 26.5 Å². The van der Waals surface area contributed by atoms with Crippen LogP contribution in [0.5, 0.6) is 0 Å². The zero-order chi connectivity index (χ0) is 20.7. The zero-order valence-corrected chi connectivity index (χ0v) is 16.1. The minimum Gasteiger partial charge on any atom is -0.464 e. The van der Waals surface area contributed by atoms with Gasteiger partial charge in [-0.25, -0.2) is 24.4 Å². The fourth-order valence-electron chi connectivity index (χ4n) is 1.67. The van der Waals surface area contributed by atoms with Crippen molar-refractivity contribution in [2.24, 2.45) is 0 Å². The maximum atomic E-state index is 11.9. The molecule has 0 fully saturated rings. The van der Waals surface area contributed by atoms with E-state index in [1.165, 1.54) is 0 Å². The van der Waals surface area contributed by atoms with Crippen molar-refractivity contribution < 1.29 is 41.9 Å². The third-order valence-corrected chi connectivity index (χ3v) is 3.33. The number of nitrogens with zero attached hydrogens (tertiary/aromatic N) is 2. The standard InChI is InChI=1S/C13H25N3O9S/c1-13(2,3)25-10(17)14-9(6-7-24-26(5,22)23)8-16(12(20)21)15(4)11(18)19/h9H,6-8H2,1-5H3,(H,14,17)(H,18,19)(H,20,21)/t9-/m1/s1. The number of carbonyl (C=O) groups is 3. The van der Waals surface area contributed by atoms with E-state index in [0.29, 0.717) is 10.0 Å². The second-order valence-electron chi connectivity index (χ2n) is 6.33. The number of rotatable bonds is 7. The highest BCUT2D eigenvalue weighted by Gasteiger charge is 2.27. The fraction of sp³-hybridized carbons (Fsp3) is 0.769. The minimum atomic E-state index is -3.73. The van der Waals surface area contributed by atoms with Gasteiger partial charge in [-0.1, -0.05) is 0 Å². The average Bonchev–Trinajstić information content (AvgIpc) is 2.39. The Kier molecular flexibility index (Phi) is 8.60. The minimum absolute atomic E-state index is 0.108. The largest absolute Gasteiger partial charge is 0.464 e. The quantitative estimate of drug-likeness (QED) is 0.414. The van der Waals surface area contributed by atoms with Crippen LogP contribution in [0.1, 0.15) is 27.2 Å². The summed E-state index contributed by atoms with van der Waals surface area (Å²) in [7, 11) is -2.72. The molecular weight excluding hydrogens is 374 g/mol. The van der Waals surface area contributed by atoms with E-state index in [1.807, 2.05) is 0 Å². The summed E-state index contributed by atoms with van der Waals surface area (Å²) >= 11 is 0. The molecule has 0 aliphatic carbocycles. The summed E-state index contributed by atoms with van der Waals surface area (Å²) in [4.78, 5) is 34.2. The molecule has 13 heteroatoms. The summed E-state index contributed by atoms with van der Waals surface area (Å²) < 4.78 is 31.7. The van der Waals surface area contributed by atoms with Gasteiger partial charge in [-0.15, -0.1) is 0 Å². The molecule has 0 heterocycles. The Morgan fingerprint density at radius 1 is 1.15 bits per heavy atom. The number of nitrogens with one attached hydrogen (secondary N) is 1. The first-order valence-electron chi connectivity index (χ1n) is 7.43. The fourth-order valence-corrected chi connectivity index (χ4v) is 2.06. The summed E-state index contributed by atoms with van der Waals surface area (Å²) in [6.07, 6.45) is -3.25. The summed E-state index contributed by atoms with van der Waals surface area (Å²) in [6, 6.07) is -0.968. The van der Waals surface area contributed by atoms with E-state index in [4.69, 9.17) is 14.9 Å². The number of carboxylic acid groups (broad SMARTS) is 2. The maximum Gasteiger partial charge on any atom is 0.426 e. The summed E-state index contributed by atoms with van der Waals surface area (Å²) in [5.41, 5.74) is -0.817. The van der Waals surface area contributed by atoms with Crippen molar-refractivity contribution in [1.29, 1.82) is 0 Å². The van der Waals surface area contributed by atoms with Gasteiger partial charge in [0.15, 0.2) is 0 Å². The van der Waals surface area contributed by atoms with Gasteiger partial charge >= 0.3 is 18.3 Å². The molecule has 0 aromatic rings. The molecule has 152 valence electrons. The smallest absolute Gasteiger partial charge is 0.426 e. The second-order valence-corrected chi connectivity index (χ2v) is 7.97. The van der Waals surface area contributed by atoms with E-state index < -0.39 is 46.6 Å². The normalized spacial score (nSPS) is 12.8. The average molecular weight is 399 g/mol. The number of ether oxygens (including phenoxy) is 1. The number of hydrogen-bond donors (Lipinski definition) is 3. The van der Waals surface area contributed by atoms with E-state index in [0.717, 1.165) is 13.3 Å². The van der Waals surface area contributed by atoms with Crippen molar-refractivity contribution in [3.63, 3.8) is 0 Å². The molecule has 0 saturated heterocycles. The lowest BCUT2D eigenvalue weighted by Gasteiger charge is -2.31. The van der Waals surface area contributed by atoms with Gasteiger partial charge in [-0.05, 0) is 27.2 Å². The van der Waals surface area contributed by atoms with Crippen molar-refractivity contribution >= 4 is 28.4 Å². The Labute approximate surface area is 151 Å². The second kappa shape index (κ2) is 9.43. The Morgan fingerprint density at radius 3 is 2.08 bits per heavy atom. The van der Waals surface area contributed by atoms with Crippen LogP contribution >= 0.6 is 0 Å². The van der Waals surface area contributed by atoms with E-state index in [9.17, 15) is 22.8 Å². The van der Waals surface area contributed by atoms with E-state index in [1.54, 1.807) is 20.8 Å². The van der Waals surface area contributed by atoms with Crippen LogP contribution in [0.3, 0.4) is 0 Å². The molecule has 1 atom stereocenters. The summed E-state index contributed by atoms with van der Waals surface area (Å²) in [5.74, 6) is 0. The Morgan fingerprint density at radius 2 is 1.69 bits per heavy atom. The van der Waals surface area contributed by atoms with Gasteiger partial charge in [-0.3, -0.25) is 4.18 Å². The molecule has 0 bridgehead atoms. The molecule has 3 amide bonds. The van der Waals surface area contributed by atoms with Crippen LogP contribution in [0.4, 0.5) is 14.4 Å². The van der Waals surface area contributed by atoms with Gasteiger partial charge in [0.05, 0.1) is 25.4 Å². The monoisotopic (exact) mass is 399 g/mol. The van der Waals surface area contributed by atoms with Crippen LogP contribution in [-0.4, -0.2) is 85.0 Å². The van der Waals surface area contributed by atoms with Crippen LogP contribution in [0.25, 0.3) is 0 Å². The number of alkyl carbamates (subject to hydrolysis) is 1. The molecule has 0 unspecified atom stereocenters. The topological polar surface area (TPSA) is 163 Å².